The molecular formula is C19H22N2O4S. The van der Waals surface area contributed by atoms with E-state index in [9.17, 15) is 13.2 Å². The summed E-state index contributed by atoms with van der Waals surface area (Å²) < 4.78 is 32.2. The van der Waals surface area contributed by atoms with Gasteiger partial charge in [-0.15, -0.1) is 0 Å². The molecular weight excluding hydrogens is 352 g/mol. The highest BCUT2D eigenvalue weighted by Crippen LogP contribution is 2.30. The zero-order valence-corrected chi connectivity index (χ0v) is 15.5. The molecule has 2 aromatic rings. The number of hydrogen-bond donors (Lipinski definition) is 1. The molecule has 0 unspecified atom stereocenters. The number of rotatable bonds is 7. The first-order valence-corrected chi connectivity index (χ1v) is 10.1. The minimum absolute atomic E-state index is 0.0204. The average Bonchev–Trinajstić information content (AvgIpc) is 3.04. The van der Waals surface area contributed by atoms with Crippen molar-refractivity contribution in [3.8, 4) is 0 Å². The van der Waals surface area contributed by atoms with Crippen molar-refractivity contribution in [2.24, 2.45) is 0 Å². The molecule has 0 aliphatic carbocycles. The fourth-order valence-corrected chi connectivity index (χ4v) is 4.15. The largest absolute Gasteiger partial charge is 0.375 e. The number of sulfonamides is 1. The van der Waals surface area contributed by atoms with Crippen molar-refractivity contribution in [2.75, 3.05) is 35.6 Å². The van der Waals surface area contributed by atoms with Gasteiger partial charge >= 0.3 is 0 Å². The molecule has 0 saturated carbocycles. The molecule has 1 heterocycles. The molecule has 138 valence electrons. The number of carbonyl (C=O) groups is 1. The first-order chi connectivity index (χ1) is 12.5. The van der Waals surface area contributed by atoms with E-state index >= 15 is 0 Å². The molecule has 0 atom stereocenters. The number of ether oxygens (including phenoxy) is 1. The van der Waals surface area contributed by atoms with Gasteiger partial charge in [-0.25, -0.2) is 8.42 Å². The summed E-state index contributed by atoms with van der Waals surface area (Å²) in [7, 11) is -1.95. The fourth-order valence-electron chi connectivity index (χ4n) is 3.05. The second kappa shape index (κ2) is 7.88. The highest BCUT2D eigenvalue weighted by molar-refractivity contribution is 7.92. The van der Waals surface area contributed by atoms with Gasteiger partial charge in [-0.1, -0.05) is 30.3 Å². The molecule has 0 aromatic heterocycles. The summed E-state index contributed by atoms with van der Waals surface area (Å²) in [4.78, 5) is 13.7. The lowest BCUT2D eigenvalue weighted by Gasteiger charge is -2.17. The number of amides is 1. The summed E-state index contributed by atoms with van der Waals surface area (Å²) in [5.74, 6) is -0.0746. The molecule has 1 N–H and O–H groups in total. The van der Waals surface area contributed by atoms with Crippen LogP contribution in [0.5, 0.6) is 0 Å². The van der Waals surface area contributed by atoms with Gasteiger partial charge in [-0.3, -0.25) is 9.52 Å². The summed E-state index contributed by atoms with van der Waals surface area (Å²) in [6, 6.07) is 14.8. The monoisotopic (exact) mass is 374 g/mol. The predicted octanol–water partition coefficient (Wildman–Crippen LogP) is 2.21. The van der Waals surface area contributed by atoms with Gasteiger partial charge in [0.05, 0.1) is 5.75 Å². The van der Waals surface area contributed by atoms with Crippen LogP contribution in [0.2, 0.25) is 0 Å². The van der Waals surface area contributed by atoms with Crippen LogP contribution in [0.15, 0.2) is 48.5 Å². The van der Waals surface area contributed by atoms with Crippen molar-refractivity contribution < 1.29 is 17.9 Å². The number of fused-ring (bicyclic) bond motifs is 1. The van der Waals surface area contributed by atoms with E-state index in [2.05, 4.69) is 4.72 Å². The number of benzene rings is 2. The van der Waals surface area contributed by atoms with E-state index in [1.165, 1.54) is 7.11 Å². The molecule has 6 nitrogen and oxygen atoms in total. The van der Waals surface area contributed by atoms with E-state index in [1.54, 1.807) is 23.1 Å². The molecule has 0 fully saturated rings. The number of carbonyl (C=O) groups excluding carboxylic acids is 1. The van der Waals surface area contributed by atoms with Crippen molar-refractivity contribution >= 4 is 27.3 Å². The van der Waals surface area contributed by atoms with Crippen LogP contribution < -0.4 is 9.62 Å². The van der Waals surface area contributed by atoms with Crippen LogP contribution in [0.4, 0.5) is 11.4 Å². The van der Waals surface area contributed by atoms with E-state index < -0.39 is 10.0 Å². The van der Waals surface area contributed by atoms with E-state index in [0.717, 1.165) is 16.8 Å². The second-order valence-corrected chi connectivity index (χ2v) is 8.07. The Morgan fingerprint density at radius 1 is 1.19 bits per heavy atom. The first kappa shape index (κ1) is 18.4. The predicted molar refractivity (Wildman–Crippen MR) is 102 cm³/mol. The summed E-state index contributed by atoms with van der Waals surface area (Å²) in [6.45, 7) is 0.620. The van der Waals surface area contributed by atoms with Gasteiger partial charge in [0, 0.05) is 25.0 Å². The maximum atomic E-state index is 12.3. The van der Waals surface area contributed by atoms with Gasteiger partial charge in [0.15, 0.2) is 0 Å². The average molecular weight is 374 g/mol. The van der Waals surface area contributed by atoms with Crippen LogP contribution in [0.1, 0.15) is 11.1 Å². The third-order valence-corrected chi connectivity index (χ3v) is 5.61. The van der Waals surface area contributed by atoms with E-state index in [4.69, 9.17) is 4.74 Å². The molecule has 0 bridgehead atoms. The Labute approximate surface area is 153 Å². The number of anilines is 2. The van der Waals surface area contributed by atoms with E-state index in [1.807, 2.05) is 30.3 Å². The summed E-state index contributed by atoms with van der Waals surface area (Å²) in [6.07, 6.45) is 1.16. The third kappa shape index (κ3) is 4.42. The molecule has 0 radical (unpaired) electrons. The van der Waals surface area contributed by atoms with Crippen molar-refractivity contribution in [1.82, 2.24) is 0 Å². The smallest absolute Gasteiger partial charge is 0.252 e. The van der Waals surface area contributed by atoms with Crippen LogP contribution in [0, 0.1) is 0 Å². The second-order valence-electron chi connectivity index (χ2n) is 6.23. The first-order valence-electron chi connectivity index (χ1n) is 8.45. The number of hydrogen-bond acceptors (Lipinski definition) is 4. The zero-order chi connectivity index (χ0) is 18.6. The standard InChI is InChI=1S/C19H22N2O4S/c1-25-14-19(22)21-11-9-16-13-17(7-8-18(16)21)20-26(23,24)12-10-15-5-3-2-4-6-15/h2-8,13,20H,9-12,14H2,1H3. The lowest BCUT2D eigenvalue weighted by Crippen LogP contribution is -2.31. The van der Waals surface area contributed by atoms with Gasteiger partial charge in [-0.05, 0) is 42.2 Å². The summed E-state index contributed by atoms with van der Waals surface area (Å²) in [5.41, 5.74) is 3.29. The highest BCUT2D eigenvalue weighted by atomic mass is 32.2. The van der Waals surface area contributed by atoms with E-state index in [0.29, 0.717) is 25.1 Å². The summed E-state index contributed by atoms with van der Waals surface area (Å²) >= 11 is 0. The molecule has 7 heteroatoms. The lowest BCUT2D eigenvalue weighted by atomic mass is 10.1. The quantitative estimate of drug-likeness (QED) is 0.806. The highest BCUT2D eigenvalue weighted by Gasteiger charge is 2.25. The Morgan fingerprint density at radius 2 is 1.96 bits per heavy atom. The zero-order valence-electron chi connectivity index (χ0n) is 14.6. The molecule has 1 aliphatic heterocycles. The number of methoxy groups -OCH3 is 1. The molecule has 2 aromatic carbocycles. The van der Waals surface area contributed by atoms with Gasteiger partial charge in [0.1, 0.15) is 6.61 Å². The molecule has 1 amide bonds. The maximum absolute atomic E-state index is 12.3. The van der Waals surface area contributed by atoms with Crippen LogP contribution in [0.3, 0.4) is 0 Å². The van der Waals surface area contributed by atoms with Crippen molar-refractivity contribution in [3.05, 3.63) is 59.7 Å². The van der Waals surface area contributed by atoms with Crippen molar-refractivity contribution in [2.45, 2.75) is 12.8 Å². The Morgan fingerprint density at radius 3 is 2.69 bits per heavy atom. The maximum Gasteiger partial charge on any atom is 0.252 e. The van der Waals surface area contributed by atoms with Crippen molar-refractivity contribution in [1.29, 1.82) is 0 Å². The lowest BCUT2D eigenvalue weighted by molar-refractivity contribution is -0.122. The number of nitrogens with zero attached hydrogens (tertiary/aromatic N) is 1. The van der Waals surface area contributed by atoms with Gasteiger partial charge < -0.3 is 9.64 Å². The minimum atomic E-state index is -3.44. The van der Waals surface area contributed by atoms with Crippen LogP contribution in [0.25, 0.3) is 0 Å². The Bertz CT molecular complexity index is 882. The molecule has 0 saturated heterocycles. The normalized spacial score (nSPS) is 13.5. The third-order valence-electron chi connectivity index (χ3n) is 4.32. The Balaban J connectivity index is 1.66. The van der Waals surface area contributed by atoms with Crippen LogP contribution >= 0.6 is 0 Å². The van der Waals surface area contributed by atoms with Gasteiger partial charge in [0.2, 0.25) is 10.0 Å². The van der Waals surface area contributed by atoms with Gasteiger partial charge in [-0.2, -0.15) is 0 Å². The fraction of sp³-hybridized carbons (Fsp3) is 0.316. The topological polar surface area (TPSA) is 75.7 Å². The Hall–Kier alpha value is -2.38. The van der Waals surface area contributed by atoms with E-state index in [-0.39, 0.29) is 18.3 Å². The minimum Gasteiger partial charge on any atom is -0.375 e. The number of aryl methyl sites for hydroxylation is 1. The molecule has 0 spiro atoms. The molecule has 1 aliphatic rings. The Kier molecular flexibility index (Phi) is 5.58. The molecule has 3 rings (SSSR count). The van der Waals surface area contributed by atoms with Crippen LogP contribution in [-0.4, -0.2) is 40.3 Å². The SMILES string of the molecule is COCC(=O)N1CCc2cc(NS(=O)(=O)CCc3ccccc3)ccc21. The number of nitrogens with one attached hydrogen (secondary N) is 1. The van der Waals surface area contributed by atoms with Gasteiger partial charge in [0.25, 0.3) is 5.91 Å². The van der Waals surface area contributed by atoms with Crippen LogP contribution in [-0.2, 0) is 32.4 Å². The summed E-state index contributed by atoms with van der Waals surface area (Å²) in [5, 5.41) is 0. The molecule has 26 heavy (non-hydrogen) atoms. The van der Waals surface area contributed by atoms with Crippen molar-refractivity contribution in [3.63, 3.8) is 0 Å².